The Morgan fingerprint density at radius 3 is 2.89 bits per heavy atom. The van der Waals surface area contributed by atoms with Crippen molar-refractivity contribution < 1.29 is 8.78 Å². The van der Waals surface area contributed by atoms with Gasteiger partial charge >= 0.3 is 0 Å². The Hall–Kier alpha value is -3.56. The molecule has 4 aromatic rings. The number of H-pyrrole nitrogens is 1. The lowest BCUT2D eigenvalue weighted by atomic mass is 10.1. The summed E-state index contributed by atoms with van der Waals surface area (Å²) in [6.07, 6.45) is 3.44. The maximum atomic E-state index is 14.0. The number of hydrogen-bond donors (Lipinski definition) is 3. The first kappa shape index (κ1) is 16.6. The highest BCUT2D eigenvalue weighted by Crippen LogP contribution is 2.35. The summed E-state index contributed by atoms with van der Waals surface area (Å²) < 4.78 is 28.7. The summed E-state index contributed by atoms with van der Waals surface area (Å²) in [5, 5.41) is 14.3. The van der Waals surface area contributed by atoms with E-state index in [1.165, 1.54) is 13.1 Å². The van der Waals surface area contributed by atoms with E-state index in [9.17, 15) is 8.78 Å². The molecule has 1 atom stereocenters. The average Bonchev–Trinajstić information content (AvgIpc) is 3.38. The number of nitrogens with one attached hydrogen (secondary N) is 3. The highest BCUT2D eigenvalue weighted by atomic mass is 19.1. The van der Waals surface area contributed by atoms with Crippen molar-refractivity contribution in [1.82, 2.24) is 29.9 Å². The van der Waals surface area contributed by atoms with E-state index >= 15 is 0 Å². The molecule has 1 aliphatic carbocycles. The number of halogens is 2. The molecule has 8 nitrogen and oxygen atoms in total. The summed E-state index contributed by atoms with van der Waals surface area (Å²) in [6.45, 7) is 0. The molecular formula is C18H16F2N8. The summed E-state index contributed by atoms with van der Waals surface area (Å²) in [4.78, 5) is 11.9. The van der Waals surface area contributed by atoms with Gasteiger partial charge in [-0.3, -0.25) is 0 Å². The molecule has 142 valence electrons. The lowest BCUT2D eigenvalue weighted by Crippen LogP contribution is -2.11. The number of aryl methyl sites for hydroxylation is 2. The zero-order valence-electron chi connectivity index (χ0n) is 14.9. The van der Waals surface area contributed by atoms with E-state index in [4.69, 9.17) is 0 Å². The number of anilines is 3. The standard InChI is InChI=1S/C18H16F2N8/c1-28-14(20)17(26-27-28)25-18-23-15-11(6-7-21-15)16(24-18)22-13-5-3-9-2-4-10(19)8-12(9)13/h2,4,6-8,13H,3,5H2,1H3,(H3,21,22,23,24,25)/t13-/m0/s1. The maximum Gasteiger partial charge on any atom is 0.256 e. The van der Waals surface area contributed by atoms with Crippen molar-refractivity contribution >= 4 is 28.6 Å². The van der Waals surface area contributed by atoms with Crippen molar-refractivity contribution in [3.05, 3.63) is 53.4 Å². The number of rotatable bonds is 4. The zero-order chi connectivity index (χ0) is 19.3. The van der Waals surface area contributed by atoms with E-state index in [0.29, 0.717) is 11.5 Å². The molecule has 0 unspecified atom stereocenters. The Bertz CT molecular complexity index is 1180. The van der Waals surface area contributed by atoms with Gasteiger partial charge in [-0.25, -0.2) is 9.07 Å². The van der Waals surface area contributed by atoms with Crippen LogP contribution in [-0.4, -0.2) is 29.9 Å². The van der Waals surface area contributed by atoms with E-state index < -0.39 is 5.95 Å². The normalized spacial score (nSPS) is 15.8. The minimum Gasteiger partial charge on any atom is -0.363 e. The third-order valence-corrected chi connectivity index (χ3v) is 4.90. The molecule has 0 fully saturated rings. The van der Waals surface area contributed by atoms with Gasteiger partial charge in [0.25, 0.3) is 5.95 Å². The summed E-state index contributed by atoms with van der Waals surface area (Å²) in [5.74, 6) is -0.200. The largest absolute Gasteiger partial charge is 0.363 e. The predicted octanol–water partition coefficient (Wildman–Crippen LogP) is 3.21. The second-order valence-electron chi connectivity index (χ2n) is 6.69. The molecule has 5 rings (SSSR count). The minimum atomic E-state index is -0.620. The molecule has 0 saturated heterocycles. The first-order valence-electron chi connectivity index (χ1n) is 8.80. The molecule has 0 aliphatic heterocycles. The number of fused-ring (bicyclic) bond motifs is 2. The number of nitrogens with zero attached hydrogens (tertiary/aromatic N) is 5. The molecule has 3 aromatic heterocycles. The lowest BCUT2D eigenvalue weighted by Gasteiger charge is -2.16. The maximum absolute atomic E-state index is 14.0. The van der Waals surface area contributed by atoms with Crippen LogP contribution in [0.4, 0.5) is 26.4 Å². The number of aromatic amines is 1. The van der Waals surface area contributed by atoms with Crippen molar-refractivity contribution in [2.45, 2.75) is 18.9 Å². The molecule has 10 heteroatoms. The molecule has 1 aliphatic rings. The zero-order valence-corrected chi connectivity index (χ0v) is 14.9. The van der Waals surface area contributed by atoms with Crippen molar-refractivity contribution in [1.29, 1.82) is 0 Å². The first-order valence-corrected chi connectivity index (χ1v) is 8.80. The summed E-state index contributed by atoms with van der Waals surface area (Å²) >= 11 is 0. The van der Waals surface area contributed by atoms with E-state index in [1.54, 1.807) is 12.3 Å². The summed E-state index contributed by atoms with van der Waals surface area (Å²) in [5.41, 5.74) is 2.64. The fraction of sp³-hybridized carbons (Fsp3) is 0.222. The quantitative estimate of drug-likeness (QED) is 0.502. The van der Waals surface area contributed by atoms with Crippen LogP contribution in [0.25, 0.3) is 11.0 Å². The monoisotopic (exact) mass is 382 g/mol. The molecule has 0 spiro atoms. The van der Waals surface area contributed by atoms with Gasteiger partial charge in [-0.2, -0.15) is 14.4 Å². The molecule has 0 amide bonds. The van der Waals surface area contributed by atoms with Crippen molar-refractivity contribution in [3.63, 3.8) is 0 Å². The third-order valence-electron chi connectivity index (χ3n) is 4.90. The first-order chi connectivity index (χ1) is 13.6. The van der Waals surface area contributed by atoms with Crippen molar-refractivity contribution in [2.75, 3.05) is 10.6 Å². The van der Waals surface area contributed by atoms with Gasteiger partial charge in [0.15, 0.2) is 0 Å². The topological polar surface area (TPSA) is 96.3 Å². The van der Waals surface area contributed by atoms with Crippen LogP contribution in [0.15, 0.2) is 30.5 Å². The van der Waals surface area contributed by atoms with Gasteiger partial charge in [-0.05, 0) is 42.2 Å². The Balaban J connectivity index is 1.50. The molecular weight excluding hydrogens is 366 g/mol. The minimum absolute atomic E-state index is 0.0624. The van der Waals surface area contributed by atoms with Crippen LogP contribution in [0, 0.1) is 11.8 Å². The van der Waals surface area contributed by atoms with Crippen molar-refractivity contribution in [3.8, 4) is 0 Å². The molecule has 0 bridgehead atoms. The van der Waals surface area contributed by atoms with Crippen LogP contribution in [-0.2, 0) is 13.5 Å². The SMILES string of the molecule is Cn1nnc(Nc2nc(N[C@H]3CCc4ccc(F)cc43)c3cc[nH]c3n2)c1F. The van der Waals surface area contributed by atoms with Gasteiger partial charge in [-0.15, -0.1) is 5.10 Å². The molecule has 3 heterocycles. The third kappa shape index (κ3) is 2.73. The second kappa shape index (κ2) is 6.25. The van der Waals surface area contributed by atoms with Crippen LogP contribution < -0.4 is 10.6 Å². The van der Waals surface area contributed by atoms with E-state index in [-0.39, 0.29) is 23.6 Å². The molecule has 28 heavy (non-hydrogen) atoms. The molecule has 1 aromatic carbocycles. The van der Waals surface area contributed by atoms with E-state index in [2.05, 4.69) is 35.9 Å². The number of hydrogen-bond acceptors (Lipinski definition) is 6. The van der Waals surface area contributed by atoms with Gasteiger partial charge in [0.2, 0.25) is 11.8 Å². The van der Waals surface area contributed by atoms with Gasteiger partial charge in [0, 0.05) is 13.2 Å². The highest BCUT2D eigenvalue weighted by molar-refractivity contribution is 5.88. The molecule has 3 N–H and O–H groups in total. The lowest BCUT2D eigenvalue weighted by molar-refractivity contribution is 0.502. The Morgan fingerprint density at radius 1 is 1.18 bits per heavy atom. The van der Waals surface area contributed by atoms with E-state index in [0.717, 1.165) is 34.0 Å². The van der Waals surface area contributed by atoms with Crippen molar-refractivity contribution in [2.24, 2.45) is 7.05 Å². The Kier molecular flexibility index (Phi) is 3.71. The van der Waals surface area contributed by atoms with E-state index in [1.807, 2.05) is 12.1 Å². The van der Waals surface area contributed by atoms with Crippen LogP contribution in [0.5, 0.6) is 0 Å². The van der Waals surface area contributed by atoms with Crippen LogP contribution >= 0.6 is 0 Å². The average molecular weight is 382 g/mol. The van der Waals surface area contributed by atoms with Gasteiger partial charge in [0.1, 0.15) is 17.3 Å². The number of aromatic nitrogens is 6. The van der Waals surface area contributed by atoms with Gasteiger partial charge in [0.05, 0.1) is 11.4 Å². The molecule has 0 radical (unpaired) electrons. The molecule has 0 saturated carbocycles. The second-order valence-corrected chi connectivity index (χ2v) is 6.69. The van der Waals surface area contributed by atoms with Crippen LogP contribution in [0.3, 0.4) is 0 Å². The fourth-order valence-electron chi connectivity index (χ4n) is 3.52. The fourth-order valence-corrected chi connectivity index (χ4v) is 3.52. The Labute approximate surface area is 158 Å². The van der Waals surface area contributed by atoms with Crippen LogP contribution in [0.2, 0.25) is 0 Å². The highest BCUT2D eigenvalue weighted by Gasteiger charge is 2.24. The predicted molar refractivity (Wildman–Crippen MR) is 99.2 cm³/mol. The van der Waals surface area contributed by atoms with Crippen LogP contribution in [0.1, 0.15) is 23.6 Å². The summed E-state index contributed by atoms with van der Waals surface area (Å²) in [7, 11) is 1.45. The number of benzene rings is 1. The summed E-state index contributed by atoms with van der Waals surface area (Å²) in [6, 6.07) is 6.64. The smallest absolute Gasteiger partial charge is 0.256 e. The van der Waals surface area contributed by atoms with Gasteiger partial charge < -0.3 is 15.6 Å². The van der Waals surface area contributed by atoms with Gasteiger partial charge in [-0.1, -0.05) is 11.3 Å². The Morgan fingerprint density at radius 2 is 2.07 bits per heavy atom.